The van der Waals surface area contributed by atoms with E-state index in [0.717, 1.165) is 22.2 Å². The molecule has 0 aliphatic carbocycles. The van der Waals surface area contributed by atoms with Gasteiger partial charge in [0.15, 0.2) is 0 Å². The van der Waals surface area contributed by atoms with Gasteiger partial charge in [0.2, 0.25) is 0 Å². The number of rotatable bonds is 9. The van der Waals surface area contributed by atoms with Gasteiger partial charge in [-0.3, -0.25) is 4.79 Å². The summed E-state index contributed by atoms with van der Waals surface area (Å²) in [6, 6.07) is 5.76. The van der Waals surface area contributed by atoms with Gasteiger partial charge in [-0.25, -0.2) is 0 Å². The highest BCUT2D eigenvalue weighted by Gasteiger charge is 2.07. The van der Waals surface area contributed by atoms with E-state index in [1.54, 1.807) is 0 Å². The smallest absolute Gasteiger partial charge is 0.303 e. The van der Waals surface area contributed by atoms with Crippen LogP contribution in [0.4, 0.5) is 0 Å². The number of carboxylic acids is 1. The molecule has 0 fully saturated rings. The molecule has 0 atom stereocenters. The molecule has 106 valence electrons. The van der Waals surface area contributed by atoms with Gasteiger partial charge >= 0.3 is 5.97 Å². The summed E-state index contributed by atoms with van der Waals surface area (Å²) in [5.41, 5.74) is 0.951. The fourth-order valence-corrected chi connectivity index (χ4v) is 2.25. The number of carbonyl (C=O) groups is 1. The minimum Gasteiger partial charge on any atom is -0.493 e. The third kappa shape index (κ3) is 6.62. The first-order valence-electron chi connectivity index (χ1n) is 6.76. The lowest BCUT2D eigenvalue weighted by atomic mass is 10.1. The second-order valence-corrected chi connectivity index (χ2v) is 5.47. The Morgan fingerprint density at radius 1 is 1.32 bits per heavy atom. The van der Waals surface area contributed by atoms with Crippen molar-refractivity contribution >= 4 is 21.9 Å². The SMILES string of the molecule is CCCCCCOc1ccc(Br)cc1CCC(=O)O. The van der Waals surface area contributed by atoms with Crippen LogP contribution < -0.4 is 4.74 Å². The number of aliphatic carboxylic acids is 1. The summed E-state index contributed by atoms with van der Waals surface area (Å²) in [5, 5.41) is 8.76. The number of ether oxygens (including phenoxy) is 1. The van der Waals surface area contributed by atoms with Gasteiger partial charge in [-0.1, -0.05) is 42.1 Å². The maximum Gasteiger partial charge on any atom is 0.303 e. The van der Waals surface area contributed by atoms with E-state index >= 15 is 0 Å². The van der Waals surface area contributed by atoms with Crippen molar-refractivity contribution in [1.82, 2.24) is 0 Å². The van der Waals surface area contributed by atoms with E-state index in [4.69, 9.17) is 9.84 Å². The van der Waals surface area contributed by atoms with Crippen molar-refractivity contribution in [3.05, 3.63) is 28.2 Å². The normalized spacial score (nSPS) is 10.4. The largest absolute Gasteiger partial charge is 0.493 e. The van der Waals surface area contributed by atoms with Crippen LogP contribution in [0.5, 0.6) is 5.75 Å². The number of hydrogen-bond donors (Lipinski definition) is 1. The molecule has 0 radical (unpaired) electrons. The monoisotopic (exact) mass is 328 g/mol. The lowest BCUT2D eigenvalue weighted by Gasteiger charge is -2.11. The summed E-state index contributed by atoms with van der Waals surface area (Å²) in [7, 11) is 0. The second kappa shape index (κ2) is 8.97. The van der Waals surface area contributed by atoms with Crippen LogP contribution in [0, 0.1) is 0 Å². The highest BCUT2D eigenvalue weighted by Crippen LogP contribution is 2.24. The van der Waals surface area contributed by atoms with E-state index < -0.39 is 5.97 Å². The summed E-state index contributed by atoms with van der Waals surface area (Å²) >= 11 is 3.40. The fourth-order valence-electron chi connectivity index (χ4n) is 1.84. The van der Waals surface area contributed by atoms with Gasteiger partial charge in [-0.2, -0.15) is 0 Å². The van der Waals surface area contributed by atoms with Gasteiger partial charge in [0.1, 0.15) is 5.75 Å². The molecule has 4 heteroatoms. The Morgan fingerprint density at radius 2 is 2.11 bits per heavy atom. The highest BCUT2D eigenvalue weighted by molar-refractivity contribution is 9.10. The predicted molar refractivity (Wildman–Crippen MR) is 79.7 cm³/mol. The highest BCUT2D eigenvalue weighted by atomic mass is 79.9. The Kier molecular flexibility index (Phi) is 7.56. The standard InChI is InChI=1S/C15H21BrO3/c1-2-3-4-5-10-19-14-8-7-13(16)11-12(14)6-9-15(17)18/h7-8,11H,2-6,9-10H2,1H3,(H,17,18). The molecule has 0 spiro atoms. The van der Waals surface area contributed by atoms with Crippen molar-refractivity contribution in [2.24, 2.45) is 0 Å². The van der Waals surface area contributed by atoms with Crippen LogP contribution in [0.1, 0.15) is 44.6 Å². The molecular weight excluding hydrogens is 308 g/mol. The van der Waals surface area contributed by atoms with Gasteiger partial charge in [0.25, 0.3) is 0 Å². The summed E-state index contributed by atoms with van der Waals surface area (Å²) in [6.45, 7) is 2.88. The summed E-state index contributed by atoms with van der Waals surface area (Å²) in [6.07, 6.45) is 5.29. The first kappa shape index (κ1) is 16.0. The van der Waals surface area contributed by atoms with Crippen LogP contribution in [-0.4, -0.2) is 17.7 Å². The average molecular weight is 329 g/mol. The average Bonchev–Trinajstić information content (AvgIpc) is 2.38. The van der Waals surface area contributed by atoms with Gasteiger partial charge in [-0.05, 0) is 36.6 Å². The van der Waals surface area contributed by atoms with Gasteiger partial charge in [-0.15, -0.1) is 0 Å². The molecular formula is C15H21BrO3. The number of halogens is 1. The molecule has 0 aromatic heterocycles. The predicted octanol–water partition coefficient (Wildman–Crippen LogP) is 4.43. The number of aryl methyl sites for hydroxylation is 1. The second-order valence-electron chi connectivity index (χ2n) is 4.55. The molecule has 1 aromatic rings. The first-order valence-corrected chi connectivity index (χ1v) is 7.55. The number of carboxylic acid groups (broad SMARTS) is 1. The minimum atomic E-state index is -0.783. The van der Waals surface area contributed by atoms with E-state index in [9.17, 15) is 4.79 Å². The number of unbranched alkanes of at least 4 members (excludes halogenated alkanes) is 3. The zero-order valence-corrected chi connectivity index (χ0v) is 12.9. The molecule has 1 rings (SSSR count). The lowest BCUT2D eigenvalue weighted by Crippen LogP contribution is -2.03. The van der Waals surface area contributed by atoms with Crippen LogP contribution in [0.25, 0.3) is 0 Å². The molecule has 0 saturated heterocycles. The van der Waals surface area contributed by atoms with Crippen LogP contribution in [0.15, 0.2) is 22.7 Å². The molecule has 0 unspecified atom stereocenters. The maximum atomic E-state index is 10.6. The molecule has 0 aliphatic heterocycles. The third-order valence-corrected chi connectivity index (χ3v) is 3.38. The molecule has 0 heterocycles. The zero-order valence-electron chi connectivity index (χ0n) is 11.3. The molecule has 3 nitrogen and oxygen atoms in total. The van der Waals surface area contributed by atoms with Gasteiger partial charge in [0, 0.05) is 10.9 Å². The Bertz CT molecular complexity index is 404. The summed E-state index contributed by atoms with van der Waals surface area (Å²) in [5.74, 6) is 0.0230. The Morgan fingerprint density at radius 3 is 2.79 bits per heavy atom. The third-order valence-electron chi connectivity index (χ3n) is 2.89. The molecule has 1 N–H and O–H groups in total. The maximum absolute atomic E-state index is 10.6. The van der Waals surface area contributed by atoms with Crippen molar-refractivity contribution in [2.75, 3.05) is 6.61 Å². The summed E-state index contributed by atoms with van der Waals surface area (Å²) < 4.78 is 6.71. The molecule has 1 aromatic carbocycles. The minimum absolute atomic E-state index is 0.128. The molecule has 0 amide bonds. The van der Waals surface area contributed by atoms with Crippen LogP contribution >= 0.6 is 15.9 Å². The molecule has 19 heavy (non-hydrogen) atoms. The van der Waals surface area contributed by atoms with Gasteiger partial charge < -0.3 is 9.84 Å². The van der Waals surface area contributed by atoms with E-state index in [1.165, 1.54) is 19.3 Å². The van der Waals surface area contributed by atoms with Crippen molar-refractivity contribution in [1.29, 1.82) is 0 Å². The lowest BCUT2D eigenvalue weighted by molar-refractivity contribution is -0.136. The molecule has 0 saturated carbocycles. The van der Waals surface area contributed by atoms with E-state index in [-0.39, 0.29) is 6.42 Å². The van der Waals surface area contributed by atoms with E-state index in [2.05, 4.69) is 22.9 Å². The summed E-state index contributed by atoms with van der Waals surface area (Å²) in [4.78, 5) is 10.6. The van der Waals surface area contributed by atoms with E-state index in [0.29, 0.717) is 13.0 Å². The Labute approximate surface area is 123 Å². The number of benzene rings is 1. The van der Waals surface area contributed by atoms with Crippen LogP contribution in [0.3, 0.4) is 0 Å². The zero-order chi connectivity index (χ0) is 14.1. The topological polar surface area (TPSA) is 46.5 Å². The Balaban J connectivity index is 2.52. The number of hydrogen-bond acceptors (Lipinski definition) is 2. The van der Waals surface area contributed by atoms with Gasteiger partial charge in [0.05, 0.1) is 6.61 Å². The fraction of sp³-hybridized carbons (Fsp3) is 0.533. The van der Waals surface area contributed by atoms with Crippen molar-refractivity contribution in [3.63, 3.8) is 0 Å². The quantitative estimate of drug-likeness (QED) is 0.682. The molecule has 0 aliphatic rings. The van der Waals surface area contributed by atoms with Crippen molar-refractivity contribution in [3.8, 4) is 5.75 Å². The van der Waals surface area contributed by atoms with Crippen LogP contribution in [-0.2, 0) is 11.2 Å². The van der Waals surface area contributed by atoms with Crippen LogP contribution in [0.2, 0.25) is 0 Å². The van der Waals surface area contributed by atoms with Crippen molar-refractivity contribution < 1.29 is 14.6 Å². The Hall–Kier alpha value is -1.03. The van der Waals surface area contributed by atoms with E-state index in [1.807, 2.05) is 18.2 Å². The first-order chi connectivity index (χ1) is 9.13. The van der Waals surface area contributed by atoms with Crippen molar-refractivity contribution in [2.45, 2.75) is 45.4 Å². The molecule has 0 bridgehead atoms.